The Hall–Kier alpha value is -3.73. The van der Waals surface area contributed by atoms with Gasteiger partial charge in [0.15, 0.2) is 0 Å². The van der Waals surface area contributed by atoms with Crippen molar-refractivity contribution in [3.8, 4) is 0 Å². The molecule has 0 aromatic carbocycles. The first-order valence-corrected chi connectivity index (χ1v) is 31.5. The van der Waals surface area contributed by atoms with Gasteiger partial charge >= 0.3 is 0 Å². The van der Waals surface area contributed by atoms with E-state index in [2.05, 4.69) is 153 Å². The molecule has 0 saturated carbocycles. The zero-order chi connectivity index (χ0) is 54.1. The molecule has 0 aliphatic carbocycles. The molecule has 1 amide bonds. The summed E-state index contributed by atoms with van der Waals surface area (Å²) >= 11 is 0. The number of hydrogen-bond acceptors (Lipinski definition) is 3. The van der Waals surface area contributed by atoms with Gasteiger partial charge in [-0.2, -0.15) is 0 Å². The molecule has 0 bridgehead atoms. The molecule has 0 saturated heterocycles. The summed E-state index contributed by atoms with van der Waals surface area (Å²) < 4.78 is 0. The van der Waals surface area contributed by atoms with Gasteiger partial charge in [0.2, 0.25) is 5.91 Å². The van der Waals surface area contributed by atoms with Crippen LogP contribution in [0.25, 0.3) is 0 Å². The molecule has 0 fully saturated rings. The van der Waals surface area contributed by atoms with E-state index in [1.54, 1.807) is 6.08 Å². The second kappa shape index (κ2) is 64.6. The molecule has 0 spiro atoms. The predicted octanol–water partition coefficient (Wildman–Crippen LogP) is 21.5. The van der Waals surface area contributed by atoms with Crippen molar-refractivity contribution >= 4 is 5.91 Å². The highest BCUT2D eigenvalue weighted by Crippen LogP contribution is 2.16. The molecule has 0 aliphatic heterocycles. The lowest BCUT2D eigenvalue weighted by atomic mass is 10.0. The van der Waals surface area contributed by atoms with Crippen molar-refractivity contribution in [1.82, 2.24) is 5.32 Å². The molecule has 2 unspecified atom stereocenters. The molecular weight excluding hydrogens is 915 g/mol. The molecule has 2 atom stereocenters. The standard InChI is InChI=1S/C71H119NO3/c1-3-5-7-9-11-13-15-17-19-21-23-25-27-29-30-31-32-33-34-35-36-37-38-39-40-41-42-43-45-47-49-51-53-55-57-59-61-63-65-67-71(75)72-69(68-73)70(74)66-64-62-60-58-56-54-52-50-48-46-44-28-26-24-22-20-18-16-14-12-10-8-6-4-2/h5,7,11,13,17,19,23,25,29-30,32-33,35-36,38-39,41-42,45,47,56,58,64,66,69-70,73-74H,3-4,6,8-10,12,14-16,18,20-22,24,26-28,31,34,37,40,43-44,46,48-55,57,59-63,65,67-68H2,1-2H3,(H,72,75)/b7-5-,13-11-,19-17-,25-23-,30-29-,33-32-,36-35-,39-38-,42-41-,47-45-,58-56+,66-64+. The summed E-state index contributed by atoms with van der Waals surface area (Å²) in [4.78, 5) is 12.5. The van der Waals surface area contributed by atoms with Crippen LogP contribution in [0.5, 0.6) is 0 Å². The zero-order valence-corrected chi connectivity index (χ0v) is 49.0. The minimum atomic E-state index is -0.877. The molecule has 0 heterocycles. The van der Waals surface area contributed by atoms with E-state index in [-0.39, 0.29) is 12.5 Å². The lowest BCUT2D eigenvalue weighted by Gasteiger charge is -2.19. The number of carbonyl (C=O) groups excluding carboxylic acids is 1. The highest BCUT2D eigenvalue weighted by atomic mass is 16.3. The first kappa shape index (κ1) is 71.3. The van der Waals surface area contributed by atoms with Crippen LogP contribution < -0.4 is 5.32 Å². The van der Waals surface area contributed by atoms with Crippen LogP contribution in [0.4, 0.5) is 0 Å². The van der Waals surface area contributed by atoms with E-state index in [0.717, 1.165) is 109 Å². The van der Waals surface area contributed by atoms with E-state index in [9.17, 15) is 15.0 Å². The topological polar surface area (TPSA) is 69.6 Å². The third kappa shape index (κ3) is 61.0. The minimum absolute atomic E-state index is 0.0863. The van der Waals surface area contributed by atoms with Gasteiger partial charge in [0.05, 0.1) is 18.8 Å². The summed E-state index contributed by atoms with van der Waals surface area (Å²) in [5, 5.41) is 23.2. The van der Waals surface area contributed by atoms with E-state index in [0.29, 0.717) is 6.42 Å². The molecule has 426 valence electrons. The quantitative estimate of drug-likeness (QED) is 0.0420. The van der Waals surface area contributed by atoms with Gasteiger partial charge in [-0.25, -0.2) is 0 Å². The van der Waals surface area contributed by atoms with Crippen molar-refractivity contribution in [2.45, 2.75) is 289 Å². The Kier molecular flexibility index (Phi) is 61.3. The molecule has 75 heavy (non-hydrogen) atoms. The van der Waals surface area contributed by atoms with E-state index in [1.807, 2.05) is 6.08 Å². The van der Waals surface area contributed by atoms with Gasteiger partial charge in [0.1, 0.15) is 0 Å². The lowest BCUT2D eigenvalue weighted by molar-refractivity contribution is -0.123. The van der Waals surface area contributed by atoms with Crippen LogP contribution in [0, 0.1) is 0 Å². The van der Waals surface area contributed by atoms with Gasteiger partial charge in [-0.05, 0) is 109 Å². The second-order valence-corrected chi connectivity index (χ2v) is 20.7. The molecule has 0 aromatic rings. The summed E-state index contributed by atoms with van der Waals surface area (Å²) in [6.45, 7) is 4.19. The number of unbranched alkanes of at least 4 members (excludes halogenated alkanes) is 27. The number of aliphatic hydroxyl groups is 2. The predicted molar refractivity (Wildman–Crippen MR) is 335 cm³/mol. The maximum atomic E-state index is 12.5. The first-order chi connectivity index (χ1) is 37.2. The third-order valence-corrected chi connectivity index (χ3v) is 13.6. The minimum Gasteiger partial charge on any atom is -0.394 e. The van der Waals surface area contributed by atoms with Crippen molar-refractivity contribution in [1.29, 1.82) is 0 Å². The average Bonchev–Trinajstić information content (AvgIpc) is 3.41. The summed E-state index contributed by atoms with van der Waals surface area (Å²) in [7, 11) is 0. The van der Waals surface area contributed by atoms with Crippen molar-refractivity contribution in [2.24, 2.45) is 0 Å². The van der Waals surface area contributed by atoms with Crippen LogP contribution >= 0.6 is 0 Å². The van der Waals surface area contributed by atoms with Gasteiger partial charge in [0, 0.05) is 6.42 Å². The fourth-order valence-corrected chi connectivity index (χ4v) is 8.81. The van der Waals surface area contributed by atoms with Crippen LogP contribution in [0.2, 0.25) is 0 Å². The highest BCUT2D eigenvalue weighted by Gasteiger charge is 2.18. The Bertz CT molecular complexity index is 1550. The monoisotopic (exact) mass is 1030 g/mol. The third-order valence-electron chi connectivity index (χ3n) is 13.6. The van der Waals surface area contributed by atoms with Crippen molar-refractivity contribution in [3.63, 3.8) is 0 Å². The summed E-state index contributed by atoms with van der Waals surface area (Å²) in [6, 6.07) is -0.655. The Morgan fingerprint density at radius 3 is 0.933 bits per heavy atom. The van der Waals surface area contributed by atoms with E-state index >= 15 is 0 Å². The number of allylic oxidation sites excluding steroid dienone is 23. The van der Waals surface area contributed by atoms with E-state index in [4.69, 9.17) is 0 Å². The Balaban J connectivity index is 3.64. The van der Waals surface area contributed by atoms with Gasteiger partial charge in [-0.15, -0.1) is 0 Å². The van der Waals surface area contributed by atoms with E-state index in [1.165, 1.54) is 148 Å². The van der Waals surface area contributed by atoms with Gasteiger partial charge in [-0.1, -0.05) is 307 Å². The summed E-state index contributed by atoms with van der Waals surface area (Å²) in [6.07, 6.45) is 102. The molecule has 0 aromatic heterocycles. The van der Waals surface area contributed by atoms with Crippen molar-refractivity contribution in [3.05, 3.63) is 146 Å². The number of aliphatic hydroxyl groups excluding tert-OH is 2. The number of hydrogen-bond donors (Lipinski definition) is 3. The number of carbonyl (C=O) groups is 1. The van der Waals surface area contributed by atoms with Crippen LogP contribution in [0.15, 0.2) is 146 Å². The van der Waals surface area contributed by atoms with Crippen molar-refractivity contribution in [2.75, 3.05) is 6.61 Å². The Labute approximate surface area is 465 Å². The van der Waals surface area contributed by atoms with Gasteiger partial charge in [0.25, 0.3) is 0 Å². The van der Waals surface area contributed by atoms with Crippen molar-refractivity contribution < 1.29 is 15.0 Å². The molecule has 4 heteroatoms. The maximum Gasteiger partial charge on any atom is 0.220 e. The zero-order valence-electron chi connectivity index (χ0n) is 49.0. The summed E-state index contributed by atoms with van der Waals surface area (Å²) in [5.41, 5.74) is 0. The van der Waals surface area contributed by atoms with Gasteiger partial charge in [-0.3, -0.25) is 4.79 Å². The Morgan fingerprint density at radius 1 is 0.333 bits per heavy atom. The lowest BCUT2D eigenvalue weighted by Crippen LogP contribution is -2.45. The second-order valence-electron chi connectivity index (χ2n) is 20.7. The van der Waals surface area contributed by atoms with Gasteiger partial charge < -0.3 is 15.5 Å². The fraction of sp³-hybridized carbons (Fsp3) is 0.648. The molecule has 0 aliphatic rings. The fourth-order valence-electron chi connectivity index (χ4n) is 8.81. The SMILES string of the molecule is CC/C=C\C/C=C\C/C=C\C/C=C\C/C=C\C/C=C\C/C=C\C/C=C\C/C=C\C/C=C\CCCCCCCCCCC(=O)NC(CO)C(O)/C=C/CC/C=C/CCCCCCCCCCCCCCCCCCCC. The number of amides is 1. The molecule has 4 nitrogen and oxygen atoms in total. The first-order valence-electron chi connectivity index (χ1n) is 31.5. The average molecular weight is 1030 g/mol. The summed E-state index contributed by atoms with van der Waals surface area (Å²) in [5.74, 6) is -0.0863. The van der Waals surface area contributed by atoms with Crippen LogP contribution in [0.1, 0.15) is 277 Å². The van der Waals surface area contributed by atoms with E-state index < -0.39 is 12.1 Å². The Morgan fingerprint density at radius 2 is 0.600 bits per heavy atom. The smallest absolute Gasteiger partial charge is 0.220 e. The maximum absolute atomic E-state index is 12.5. The van der Waals surface area contributed by atoms with Crippen LogP contribution in [0.3, 0.4) is 0 Å². The normalized spacial score (nSPS) is 13.8. The number of rotatable bonds is 56. The molecule has 0 rings (SSSR count). The highest BCUT2D eigenvalue weighted by molar-refractivity contribution is 5.76. The number of nitrogens with one attached hydrogen (secondary N) is 1. The molecule has 3 N–H and O–H groups in total. The van der Waals surface area contributed by atoms with Crippen LogP contribution in [-0.4, -0.2) is 34.9 Å². The van der Waals surface area contributed by atoms with Crippen LogP contribution in [-0.2, 0) is 4.79 Å². The molecule has 0 radical (unpaired) electrons. The largest absolute Gasteiger partial charge is 0.394 e. The molecular formula is C71H119NO3.